The number of nitriles is 1. The Balaban J connectivity index is 3.38. The molecule has 0 unspecified atom stereocenters. The maximum Gasteiger partial charge on any atom is 0.316 e. The Morgan fingerprint density at radius 3 is 3.00 bits per heavy atom. The fourth-order valence-electron chi connectivity index (χ4n) is 0.102. The molecule has 5 nitrogen and oxygen atoms in total. The average Bonchev–Trinajstić information content (AvgIpc) is 1.66. The summed E-state index contributed by atoms with van der Waals surface area (Å²) >= 11 is 0. The van der Waals surface area contributed by atoms with E-state index in [0.717, 1.165) is 0 Å². The molecule has 2 N–H and O–H groups in total. The summed E-state index contributed by atoms with van der Waals surface area (Å²) in [5.41, 5.74) is 4.56. The van der Waals surface area contributed by atoms with Crippen molar-refractivity contribution in [2.75, 3.05) is 0 Å². The van der Waals surface area contributed by atoms with Gasteiger partial charge in [-0.3, -0.25) is 9.63 Å². The van der Waals surface area contributed by atoms with Gasteiger partial charge >= 0.3 is 6.26 Å². The second-order valence-corrected chi connectivity index (χ2v) is 0.819. The predicted molar refractivity (Wildman–Crippen MR) is 24.4 cm³/mol. The third-order valence-electron chi connectivity index (χ3n) is 0.273. The third-order valence-corrected chi connectivity index (χ3v) is 0.273. The summed E-state index contributed by atoms with van der Waals surface area (Å²) in [6, 6.07) is 0. The van der Waals surface area contributed by atoms with Crippen LogP contribution in [0.25, 0.3) is 0 Å². The molecular weight excluding hydrogens is 110 g/mol. The van der Waals surface area contributed by atoms with Gasteiger partial charge in [0.2, 0.25) is 0 Å². The van der Waals surface area contributed by atoms with Gasteiger partial charge in [0, 0.05) is 0 Å². The van der Waals surface area contributed by atoms with Crippen LogP contribution in [0.3, 0.4) is 0 Å². The van der Waals surface area contributed by atoms with Crippen LogP contribution in [0.15, 0.2) is 5.16 Å². The first kappa shape index (κ1) is 6.43. The van der Waals surface area contributed by atoms with Gasteiger partial charge in [0.1, 0.15) is 6.21 Å². The number of nitrogens with two attached hydrogens (primary N) is 1. The Morgan fingerprint density at radius 1 is 2.00 bits per heavy atom. The van der Waals surface area contributed by atoms with Gasteiger partial charge in [-0.15, -0.1) is 5.26 Å². The number of nitrogens with zero attached hydrogens (tertiary/aromatic N) is 2. The minimum atomic E-state index is -0.750. The zero-order chi connectivity index (χ0) is 6.41. The number of carbonyl (C=O) groups is 1. The third kappa shape index (κ3) is 4.43. The van der Waals surface area contributed by atoms with Crippen LogP contribution < -0.4 is 5.73 Å². The summed E-state index contributed by atoms with van der Waals surface area (Å²) in [6.45, 7) is 0. The van der Waals surface area contributed by atoms with E-state index in [4.69, 9.17) is 5.26 Å². The van der Waals surface area contributed by atoms with Crippen LogP contribution in [0.2, 0.25) is 0 Å². The highest BCUT2D eigenvalue weighted by molar-refractivity contribution is 6.25. The molecule has 8 heavy (non-hydrogen) atoms. The molecule has 0 aliphatic heterocycles. The summed E-state index contributed by atoms with van der Waals surface area (Å²) in [7, 11) is 0. The lowest BCUT2D eigenvalue weighted by Gasteiger charge is -1.75. The minimum Gasteiger partial charge on any atom is -0.365 e. The van der Waals surface area contributed by atoms with Crippen LogP contribution in [-0.4, -0.2) is 12.1 Å². The quantitative estimate of drug-likeness (QED) is 0.281. The molecule has 0 aromatic heterocycles. The maximum atomic E-state index is 9.76. The van der Waals surface area contributed by atoms with E-state index in [-0.39, 0.29) is 0 Å². The molecule has 0 spiro atoms. The van der Waals surface area contributed by atoms with Crippen molar-refractivity contribution in [1.29, 1.82) is 5.26 Å². The summed E-state index contributed by atoms with van der Waals surface area (Å²) in [6.07, 6.45) is 1.91. The largest absolute Gasteiger partial charge is 0.365 e. The van der Waals surface area contributed by atoms with Gasteiger partial charge in [-0.1, -0.05) is 5.16 Å². The number of hydrogen-bond acceptors (Lipinski definition) is 4. The molecule has 0 atom stereocenters. The number of amides is 1. The number of hydrogen-bond donors (Lipinski definition) is 1. The second-order valence-electron chi connectivity index (χ2n) is 0.819. The summed E-state index contributed by atoms with van der Waals surface area (Å²) < 4.78 is 0. The Labute approximate surface area is 45.3 Å². The Hall–Kier alpha value is -1.57. The van der Waals surface area contributed by atoms with Crippen molar-refractivity contribution in [2.45, 2.75) is 0 Å². The SMILES string of the molecule is N#CO/N=C/C(N)=O. The summed E-state index contributed by atoms with van der Waals surface area (Å²) in [5, 5.41) is 10.5. The van der Waals surface area contributed by atoms with E-state index in [2.05, 4.69) is 15.7 Å². The van der Waals surface area contributed by atoms with E-state index in [9.17, 15) is 4.79 Å². The smallest absolute Gasteiger partial charge is 0.316 e. The highest BCUT2D eigenvalue weighted by Crippen LogP contribution is 1.64. The molecule has 42 valence electrons. The lowest BCUT2D eigenvalue weighted by molar-refractivity contribution is -0.111. The van der Waals surface area contributed by atoms with Crippen LogP contribution in [0, 0.1) is 11.5 Å². The fourth-order valence-corrected chi connectivity index (χ4v) is 0.102. The van der Waals surface area contributed by atoms with Gasteiger partial charge < -0.3 is 5.73 Å². The number of rotatable bonds is 2. The molecule has 0 aromatic rings. The molecule has 0 heterocycles. The lowest BCUT2D eigenvalue weighted by atomic mass is 10.7. The van der Waals surface area contributed by atoms with Crippen molar-refractivity contribution < 1.29 is 9.63 Å². The van der Waals surface area contributed by atoms with Crippen LogP contribution in [0.5, 0.6) is 0 Å². The molecule has 5 heteroatoms. The van der Waals surface area contributed by atoms with Gasteiger partial charge in [-0.05, 0) is 0 Å². The second kappa shape index (κ2) is 3.61. The molecule has 1 amide bonds. The van der Waals surface area contributed by atoms with Crippen LogP contribution in [-0.2, 0) is 9.63 Å². The first-order valence-corrected chi connectivity index (χ1v) is 1.65. The minimum absolute atomic E-state index is 0.698. The summed E-state index contributed by atoms with van der Waals surface area (Å²) in [5.74, 6) is -0.750. The van der Waals surface area contributed by atoms with Crippen molar-refractivity contribution in [3.63, 3.8) is 0 Å². The van der Waals surface area contributed by atoms with Gasteiger partial charge in [0.25, 0.3) is 5.91 Å². The molecule has 0 aliphatic rings. The molecule has 0 aliphatic carbocycles. The van der Waals surface area contributed by atoms with E-state index in [0.29, 0.717) is 6.21 Å². The highest BCUT2D eigenvalue weighted by atomic mass is 16.6. The van der Waals surface area contributed by atoms with E-state index in [1.165, 1.54) is 6.26 Å². The average molecular weight is 113 g/mol. The van der Waals surface area contributed by atoms with Crippen molar-refractivity contribution in [3.8, 4) is 6.26 Å². The molecule has 0 bridgehead atoms. The van der Waals surface area contributed by atoms with Gasteiger partial charge in [-0.2, -0.15) is 0 Å². The Morgan fingerprint density at radius 2 is 2.62 bits per heavy atom. The topological polar surface area (TPSA) is 88.5 Å². The predicted octanol–water partition coefficient (Wildman–Crippen LogP) is -1.04. The van der Waals surface area contributed by atoms with Crippen LogP contribution in [0.1, 0.15) is 0 Å². The van der Waals surface area contributed by atoms with E-state index >= 15 is 0 Å². The highest BCUT2D eigenvalue weighted by Gasteiger charge is 1.80. The molecular formula is C3H3N3O2. The monoisotopic (exact) mass is 113 g/mol. The van der Waals surface area contributed by atoms with E-state index in [1.807, 2.05) is 0 Å². The van der Waals surface area contributed by atoms with Gasteiger partial charge in [0.05, 0.1) is 0 Å². The first-order valence-electron chi connectivity index (χ1n) is 1.65. The van der Waals surface area contributed by atoms with Gasteiger partial charge in [0.15, 0.2) is 0 Å². The Kier molecular flexibility index (Phi) is 2.90. The standard InChI is InChI=1S/C3H3N3O2/c4-2-8-6-1-3(5)7/h1H,(H2,5,7)/b6-1+. The molecule has 0 rings (SSSR count). The number of primary amides is 1. The fraction of sp³-hybridized carbons (Fsp3) is 0. The van der Waals surface area contributed by atoms with Crippen molar-refractivity contribution >= 4 is 12.1 Å². The zero-order valence-electron chi connectivity index (χ0n) is 3.87. The normalized spacial score (nSPS) is 8.38. The van der Waals surface area contributed by atoms with Crippen LogP contribution >= 0.6 is 0 Å². The van der Waals surface area contributed by atoms with Gasteiger partial charge in [-0.25, -0.2) is 0 Å². The number of oxime groups is 1. The summed E-state index contributed by atoms with van der Waals surface area (Å²) in [4.78, 5) is 13.5. The van der Waals surface area contributed by atoms with Crippen molar-refractivity contribution in [1.82, 2.24) is 0 Å². The zero-order valence-corrected chi connectivity index (χ0v) is 3.87. The van der Waals surface area contributed by atoms with E-state index in [1.54, 1.807) is 0 Å². The molecule has 0 fully saturated rings. The maximum absolute atomic E-state index is 9.76. The van der Waals surface area contributed by atoms with Crippen molar-refractivity contribution in [2.24, 2.45) is 10.9 Å². The number of carbonyl (C=O) groups excluding carboxylic acids is 1. The first-order chi connectivity index (χ1) is 3.77. The Bertz CT molecular complexity index is 145. The molecule has 0 radical (unpaired) electrons. The lowest BCUT2D eigenvalue weighted by Crippen LogP contribution is -2.11. The molecule has 0 aromatic carbocycles. The van der Waals surface area contributed by atoms with Crippen molar-refractivity contribution in [3.05, 3.63) is 0 Å². The molecule has 0 saturated heterocycles. The van der Waals surface area contributed by atoms with E-state index < -0.39 is 5.91 Å². The molecule has 0 saturated carbocycles. The van der Waals surface area contributed by atoms with Crippen LogP contribution in [0.4, 0.5) is 0 Å².